The highest BCUT2D eigenvalue weighted by Gasteiger charge is 2.37. The number of ether oxygens (including phenoxy) is 2. The predicted molar refractivity (Wildman–Crippen MR) is 112 cm³/mol. The molecule has 2 aliphatic heterocycles. The van der Waals surface area contributed by atoms with Crippen LogP contribution in [0.5, 0.6) is 5.75 Å². The number of phenolic OH excluding ortho intramolecular Hbond substituents is 1. The molecule has 0 bridgehead atoms. The Kier molecular flexibility index (Phi) is 6.94. The second-order valence-electron chi connectivity index (χ2n) is 7.81. The third-order valence-corrected chi connectivity index (χ3v) is 5.78. The number of benzene rings is 1. The number of amides is 1. The van der Waals surface area contributed by atoms with Crippen molar-refractivity contribution >= 4 is 5.91 Å². The number of carbonyl (C=O) groups excluding carboxylic acids is 1. The van der Waals surface area contributed by atoms with Gasteiger partial charge in [-0.3, -0.25) is 14.7 Å². The molecule has 2 saturated heterocycles. The monoisotopic (exact) mass is 411 g/mol. The van der Waals surface area contributed by atoms with Gasteiger partial charge in [-0.05, 0) is 35.7 Å². The Hall–Kier alpha value is -2.48. The van der Waals surface area contributed by atoms with Crippen LogP contribution in [0, 0.1) is 0 Å². The lowest BCUT2D eigenvalue weighted by atomic mass is 9.97. The number of aromatic hydroxyl groups is 1. The van der Waals surface area contributed by atoms with E-state index in [0.717, 1.165) is 44.0 Å². The number of rotatable bonds is 6. The summed E-state index contributed by atoms with van der Waals surface area (Å²) >= 11 is 0. The van der Waals surface area contributed by atoms with E-state index in [9.17, 15) is 9.90 Å². The molecule has 7 heteroatoms. The molecule has 30 heavy (non-hydrogen) atoms. The van der Waals surface area contributed by atoms with Gasteiger partial charge in [-0.1, -0.05) is 18.2 Å². The first-order valence-corrected chi connectivity index (χ1v) is 10.6. The number of aryl methyl sites for hydroxylation is 1. The molecule has 1 aromatic carbocycles. The van der Waals surface area contributed by atoms with Gasteiger partial charge >= 0.3 is 0 Å². The third-order valence-electron chi connectivity index (χ3n) is 5.78. The van der Waals surface area contributed by atoms with Gasteiger partial charge in [-0.15, -0.1) is 0 Å². The van der Waals surface area contributed by atoms with Crippen LogP contribution in [0.1, 0.15) is 23.6 Å². The van der Waals surface area contributed by atoms with Crippen LogP contribution >= 0.6 is 0 Å². The van der Waals surface area contributed by atoms with Crippen molar-refractivity contribution < 1.29 is 19.4 Å². The highest BCUT2D eigenvalue weighted by atomic mass is 16.5. The van der Waals surface area contributed by atoms with Crippen molar-refractivity contribution in [2.24, 2.45) is 0 Å². The van der Waals surface area contributed by atoms with Crippen LogP contribution in [0.3, 0.4) is 0 Å². The summed E-state index contributed by atoms with van der Waals surface area (Å²) < 4.78 is 11.6. The fourth-order valence-corrected chi connectivity index (χ4v) is 4.26. The summed E-state index contributed by atoms with van der Waals surface area (Å²) in [7, 11) is 0. The Morgan fingerprint density at radius 1 is 1.13 bits per heavy atom. The molecule has 1 amide bonds. The van der Waals surface area contributed by atoms with Crippen LogP contribution in [-0.4, -0.2) is 77.9 Å². The van der Waals surface area contributed by atoms with E-state index < -0.39 is 0 Å². The van der Waals surface area contributed by atoms with Gasteiger partial charge in [0.05, 0.1) is 32.0 Å². The highest BCUT2D eigenvalue weighted by molar-refractivity contribution is 5.77. The number of aromatic nitrogens is 1. The number of phenols is 1. The van der Waals surface area contributed by atoms with Crippen molar-refractivity contribution in [1.82, 2.24) is 14.8 Å². The van der Waals surface area contributed by atoms with Crippen LogP contribution in [0.25, 0.3) is 0 Å². The van der Waals surface area contributed by atoms with Crippen molar-refractivity contribution in [1.29, 1.82) is 0 Å². The van der Waals surface area contributed by atoms with Gasteiger partial charge in [-0.25, -0.2) is 0 Å². The van der Waals surface area contributed by atoms with E-state index in [-0.39, 0.29) is 23.8 Å². The highest BCUT2D eigenvalue weighted by Crippen LogP contribution is 2.31. The molecule has 2 atom stereocenters. The molecule has 2 aromatic rings. The van der Waals surface area contributed by atoms with Gasteiger partial charge in [0.2, 0.25) is 5.91 Å². The maximum atomic E-state index is 13.2. The Morgan fingerprint density at radius 2 is 2.00 bits per heavy atom. The van der Waals surface area contributed by atoms with Gasteiger partial charge in [0.25, 0.3) is 0 Å². The summed E-state index contributed by atoms with van der Waals surface area (Å²) in [6.07, 6.45) is 4.47. The Bertz CT molecular complexity index is 826. The molecule has 1 N–H and O–H groups in total. The van der Waals surface area contributed by atoms with Crippen LogP contribution in [0.4, 0.5) is 0 Å². The van der Waals surface area contributed by atoms with E-state index in [1.54, 1.807) is 24.4 Å². The van der Waals surface area contributed by atoms with E-state index in [4.69, 9.17) is 9.47 Å². The molecule has 0 saturated carbocycles. The number of hydrogen-bond acceptors (Lipinski definition) is 6. The van der Waals surface area contributed by atoms with Crippen LogP contribution in [0.2, 0.25) is 0 Å². The minimum Gasteiger partial charge on any atom is -0.508 e. The lowest BCUT2D eigenvalue weighted by Gasteiger charge is -2.43. The molecular weight excluding hydrogens is 382 g/mol. The molecule has 7 nitrogen and oxygen atoms in total. The van der Waals surface area contributed by atoms with Crippen LogP contribution < -0.4 is 0 Å². The Morgan fingerprint density at radius 3 is 2.77 bits per heavy atom. The fourth-order valence-electron chi connectivity index (χ4n) is 4.26. The zero-order chi connectivity index (χ0) is 20.8. The lowest BCUT2D eigenvalue weighted by Crippen LogP contribution is -2.53. The maximum Gasteiger partial charge on any atom is 0.223 e. The first-order valence-electron chi connectivity index (χ1n) is 10.6. The minimum atomic E-state index is -0.160. The molecule has 1 aromatic heterocycles. The summed E-state index contributed by atoms with van der Waals surface area (Å²) in [4.78, 5) is 21.8. The summed E-state index contributed by atoms with van der Waals surface area (Å²) in [6, 6.07) is 10.9. The number of hydrogen-bond donors (Lipinski definition) is 1. The Labute approximate surface area is 177 Å². The molecule has 3 heterocycles. The molecule has 0 unspecified atom stereocenters. The zero-order valence-corrected chi connectivity index (χ0v) is 17.2. The average Bonchev–Trinajstić information content (AvgIpc) is 2.79. The fraction of sp³-hybridized carbons (Fsp3) is 0.478. The molecule has 2 aliphatic rings. The van der Waals surface area contributed by atoms with Crippen molar-refractivity contribution in [2.45, 2.75) is 25.0 Å². The predicted octanol–water partition coefficient (Wildman–Crippen LogP) is 2.02. The Balaban J connectivity index is 1.49. The first kappa shape index (κ1) is 20.8. The summed E-state index contributed by atoms with van der Waals surface area (Å²) in [6.45, 7) is 5.09. The topological polar surface area (TPSA) is 75.1 Å². The van der Waals surface area contributed by atoms with Gasteiger partial charge in [0, 0.05) is 45.0 Å². The second kappa shape index (κ2) is 10.0. The smallest absolute Gasteiger partial charge is 0.223 e. The van der Waals surface area contributed by atoms with Gasteiger partial charge in [0.1, 0.15) is 5.75 Å². The number of pyridine rings is 1. The molecular formula is C23H29N3O4. The first-order chi connectivity index (χ1) is 14.7. The zero-order valence-electron chi connectivity index (χ0n) is 17.2. The summed E-state index contributed by atoms with van der Waals surface area (Å²) in [5.74, 6) is 0.326. The number of morpholine rings is 2. The third kappa shape index (κ3) is 5.16. The quantitative estimate of drug-likeness (QED) is 0.784. The SMILES string of the molecule is O=C(CCc1cccc(O)c1)N1CCO[C@@H](CN2CCOCC2)[C@@H]1c1cccnc1. The maximum absolute atomic E-state index is 13.2. The number of nitrogens with zero attached hydrogens (tertiary/aromatic N) is 3. The molecule has 0 radical (unpaired) electrons. The van der Waals surface area contributed by atoms with Crippen molar-refractivity contribution in [3.8, 4) is 5.75 Å². The molecule has 0 aliphatic carbocycles. The van der Waals surface area contributed by atoms with E-state index in [0.29, 0.717) is 26.0 Å². The van der Waals surface area contributed by atoms with E-state index in [2.05, 4.69) is 9.88 Å². The van der Waals surface area contributed by atoms with Crippen LogP contribution in [-0.2, 0) is 20.7 Å². The molecule has 4 rings (SSSR count). The van der Waals surface area contributed by atoms with Crippen molar-refractivity contribution in [2.75, 3.05) is 46.0 Å². The van der Waals surface area contributed by atoms with Gasteiger partial charge < -0.3 is 19.5 Å². The van der Waals surface area contributed by atoms with E-state index in [1.807, 2.05) is 29.3 Å². The van der Waals surface area contributed by atoms with Gasteiger partial charge in [0.15, 0.2) is 0 Å². The van der Waals surface area contributed by atoms with E-state index in [1.165, 1.54) is 0 Å². The van der Waals surface area contributed by atoms with E-state index >= 15 is 0 Å². The van der Waals surface area contributed by atoms with Crippen LogP contribution in [0.15, 0.2) is 48.8 Å². The van der Waals surface area contributed by atoms with Crippen molar-refractivity contribution in [3.63, 3.8) is 0 Å². The van der Waals surface area contributed by atoms with Gasteiger partial charge in [-0.2, -0.15) is 0 Å². The minimum absolute atomic E-state index is 0.0995. The molecule has 160 valence electrons. The number of carbonyl (C=O) groups is 1. The average molecular weight is 412 g/mol. The standard InChI is InChI=1S/C23H29N3O4/c27-20-5-1-3-18(15-20)6-7-22(28)26-11-14-30-21(17-25-9-12-29-13-10-25)23(26)19-4-2-8-24-16-19/h1-5,8,15-16,21,23,27H,6-7,9-14,17H2/t21-,23-/m0/s1. The molecule has 0 spiro atoms. The summed E-state index contributed by atoms with van der Waals surface area (Å²) in [5.41, 5.74) is 1.96. The summed E-state index contributed by atoms with van der Waals surface area (Å²) in [5, 5.41) is 9.68. The molecule has 2 fully saturated rings. The van der Waals surface area contributed by atoms with Crippen molar-refractivity contribution in [3.05, 3.63) is 59.9 Å². The largest absolute Gasteiger partial charge is 0.508 e. The lowest BCUT2D eigenvalue weighted by molar-refractivity contribution is -0.149. The normalized spacial score (nSPS) is 22.7. The second-order valence-corrected chi connectivity index (χ2v) is 7.81.